The summed E-state index contributed by atoms with van der Waals surface area (Å²) in [6.45, 7) is 27.8. The molecule has 6 nitrogen and oxygen atoms in total. The van der Waals surface area contributed by atoms with E-state index >= 15 is 0 Å². The highest BCUT2D eigenvalue weighted by Crippen LogP contribution is 2.54. The van der Waals surface area contributed by atoms with Crippen molar-refractivity contribution in [2.75, 3.05) is 9.80 Å². The molecule has 0 saturated carbocycles. The van der Waals surface area contributed by atoms with Crippen molar-refractivity contribution >= 4 is 144 Å². The summed E-state index contributed by atoms with van der Waals surface area (Å²) in [5.41, 5.74) is 35.8. The average Bonchev–Trinajstić information content (AvgIpc) is 1.60. The number of nitrogens with zero attached hydrogens (tertiary/aromatic N) is 6. The Balaban J connectivity index is 0.901. The SMILES string of the molecule is CC(C)(C)c1ccc2c(c1)c1cc(C(C)(C)C)ccc1n2-c1ccc2c(c1)N(c1cccc3c1c1cc(-c4ccccc4)ccc1n3-c1ccccc1)c1cc(-c3ccccc3)cc3c1B2c1ccc(-n2c4ccc(C(C)(C)C)cc4c4cc(C(C)(C)C)ccc42)cc1N3c1cccc2c1c1cc(-c3ccccc3)ccc1n2-c1ccccc1. The Morgan fingerprint density at radius 2 is 0.496 bits per heavy atom. The number of benzene rings is 16. The maximum atomic E-state index is 2.71. The smallest absolute Gasteiger partial charge is 0.252 e. The van der Waals surface area contributed by atoms with Crippen LogP contribution in [0.4, 0.5) is 34.1 Å². The predicted molar refractivity (Wildman–Crippen MR) is 509 cm³/mol. The van der Waals surface area contributed by atoms with Gasteiger partial charge in [0.1, 0.15) is 0 Å². The first kappa shape index (κ1) is 71.9. The van der Waals surface area contributed by atoms with Crippen molar-refractivity contribution in [3.8, 4) is 56.1 Å². The molecule has 0 saturated heterocycles. The van der Waals surface area contributed by atoms with Crippen LogP contribution >= 0.6 is 0 Å². The van der Waals surface area contributed by atoms with Gasteiger partial charge in [-0.05, 0) is 251 Å². The lowest BCUT2D eigenvalue weighted by Gasteiger charge is -2.45. The monoisotopic (exact) mass is 1530 g/mol. The van der Waals surface area contributed by atoms with Crippen molar-refractivity contribution in [3.63, 3.8) is 0 Å². The summed E-state index contributed by atoms with van der Waals surface area (Å²) in [6, 6.07) is 133. The standard InChI is InChI=1S/C112H93BN6/c1-109(2,3)76-46-56-92-84(64-76)85-65-77(110(4,5)6)47-57-93(85)116(92)82-50-52-90-102(68-82)118(100-42-28-40-98-106(100)88-60-73(70-30-18-13-19-31-70)44-54-96(88)114(98)80-36-24-16-25-37-80)104-62-75(72-34-22-15-23-35-72)63-105-108(104)113(90)91-53-51-83(117-94-58-48-78(111(7,8)9)66-86(94)87-67-79(112(10,11)12)49-59-95(87)117)69-103(91)119(105)101-43-29-41-99-107(101)89-61-74(71-32-20-14-21-33-71)45-55-97(89)115(99)81-38-26-17-27-39-81/h13-69H,1-12H3. The number of anilines is 6. The molecule has 0 fully saturated rings. The summed E-state index contributed by atoms with van der Waals surface area (Å²) in [5.74, 6) is 0. The van der Waals surface area contributed by atoms with E-state index < -0.39 is 0 Å². The van der Waals surface area contributed by atoms with Gasteiger partial charge in [-0.2, -0.15) is 0 Å². The van der Waals surface area contributed by atoms with Crippen molar-refractivity contribution < 1.29 is 0 Å². The zero-order valence-electron chi connectivity index (χ0n) is 69.7. The fourth-order valence-electron chi connectivity index (χ4n) is 19.8. The summed E-state index contributed by atoms with van der Waals surface area (Å²) in [7, 11) is 0. The molecule has 0 spiro atoms. The van der Waals surface area contributed by atoms with Gasteiger partial charge in [-0.15, -0.1) is 0 Å². The minimum absolute atomic E-state index is 0.0736. The number of fused-ring (bicyclic) bond motifs is 16. The van der Waals surface area contributed by atoms with E-state index in [4.69, 9.17) is 0 Å². The van der Waals surface area contributed by atoms with Crippen LogP contribution in [-0.4, -0.2) is 25.0 Å². The Morgan fingerprint density at radius 1 is 0.193 bits per heavy atom. The molecule has 16 aromatic carbocycles. The van der Waals surface area contributed by atoms with Crippen LogP contribution in [0.2, 0.25) is 0 Å². The van der Waals surface area contributed by atoms with E-state index in [1.807, 2.05) is 0 Å². The maximum Gasteiger partial charge on any atom is 0.252 e. The Morgan fingerprint density at radius 3 is 0.832 bits per heavy atom. The molecule has 22 rings (SSSR count). The second-order valence-electron chi connectivity index (χ2n) is 37.4. The Hall–Kier alpha value is -13.6. The van der Waals surface area contributed by atoms with Gasteiger partial charge in [-0.3, -0.25) is 0 Å². The summed E-state index contributed by atoms with van der Waals surface area (Å²) >= 11 is 0. The second kappa shape index (κ2) is 26.4. The third kappa shape index (κ3) is 11.4. The molecule has 4 aromatic heterocycles. The Labute approximate surface area is 696 Å². The molecule has 574 valence electrons. The number of aromatic nitrogens is 4. The van der Waals surface area contributed by atoms with Crippen molar-refractivity contribution in [2.24, 2.45) is 0 Å². The topological polar surface area (TPSA) is 26.2 Å². The van der Waals surface area contributed by atoms with Gasteiger partial charge in [-0.1, -0.05) is 271 Å². The molecule has 7 heteroatoms. The van der Waals surface area contributed by atoms with Gasteiger partial charge >= 0.3 is 0 Å². The molecular formula is C112H93BN6. The summed E-state index contributed by atoms with van der Waals surface area (Å²) in [6.07, 6.45) is 0. The van der Waals surface area contributed by atoms with Gasteiger partial charge < -0.3 is 28.1 Å². The molecule has 0 atom stereocenters. The maximum absolute atomic E-state index is 2.71. The highest BCUT2D eigenvalue weighted by molar-refractivity contribution is 7.00. The third-order valence-corrected chi connectivity index (χ3v) is 25.9. The first-order chi connectivity index (χ1) is 57.6. The van der Waals surface area contributed by atoms with Crippen LogP contribution < -0.4 is 26.2 Å². The number of hydrogen-bond acceptors (Lipinski definition) is 2. The van der Waals surface area contributed by atoms with Gasteiger partial charge in [0.05, 0.1) is 55.5 Å². The largest absolute Gasteiger partial charge is 0.311 e. The number of para-hydroxylation sites is 2. The van der Waals surface area contributed by atoms with E-state index in [-0.39, 0.29) is 28.4 Å². The molecule has 0 aliphatic carbocycles. The molecule has 119 heavy (non-hydrogen) atoms. The van der Waals surface area contributed by atoms with Crippen molar-refractivity contribution in [1.29, 1.82) is 0 Å². The van der Waals surface area contributed by atoms with E-state index in [2.05, 4.69) is 457 Å². The van der Waals surface area contributed by atoms with Crippen molar-refractivity contribution in [3.05, 3.63) is 368 Å². The molecule has 20 aromatic rings. The summed E-state index contributed by atoms with van der Waals surface area (Å²) < 4.78 is 10.1. The van der Waals surface area contributed by atoms with Crippen LogP contribution in [0.25, 0.3) is 143 Å². The third-order valence-electron chi connectivity index (χ3n) is 25.9. The van der Waals surface area contributed by atoms with E-state index in [1.54, 1.807) is 0 Å². The molecule has 0 unspecified atom stereocenters. The quantitative estimate of drug-likeness (QED) is 0.135. The molecule has 0 radical (unpaired) electrons. The average molecular weight is 1530 g/mol. The van der Waals surface area contributed by atoms with Crippen LogP contribution in [0.5, 0.6) is 0 Å². The van der Waals surface area contributed by atoms with Gasteiger partial charge in [0.15, 0.2) is 0 Å². The molecule has 0 bridgehead atoms. The molecule has 0 amide bonds. The highest BCUT2D eigenvalue weighted by atomic mass is 15.2. The lowest BCUT2D eigenvalue weighted by molar-refractivity contribution is 0.590. The van der Waals surface area contributed by atoms with Gasteiger partial charge in [-0.25, -0.2) is 0 Å². The molecule has 0 N–H and O–H groups in total. The fourth-order valence-corrected chi connectivity index (χ4v) is 19.8. The first-order valence-corrected chi connectivity index (χ1v) is 42.2. The van der Waals surface area contributed by atoms with Crippen LogP contribution in [-0.2, 0) is 21.7 Å². The zero-order valence-corrected chi connectivity index (χ0v) is 69.7. The molecular weight excluding hydrogens is 1440 g/mol. The minimum Gasteiger partial charge on any atom is -0.311 e. The minimum atomic E-state index is -0.279. The highest BCUT2D eigenvalue weighted by Gasteiger charge is 2.46. The van der Waals surface area contributed by atoms with Crippen LogP contribution in [0.3, 0.4) is 0 Å². The Bertz CT molecular complexity index is 6990. The van der Waals surface area contributed by atoms with Gasteiger partial charge in [0.2, 0.25) is 0 Å². The number of hydrogen-bond donors (Lipinski definition) is 0. The molecule has 6 heterocycles. The molecule has 2 aliphatic rings. The zero-order chi connectivity index (χ0) is 80.9. The van der Waals surface area contributed by atoms with Crippen molar-refractivity contribution in [2.45, 2.75) is 105 Å². The van der Waals surface area contributed by atoms with E-state index in [9.17, 15) is 0 Å². The fraction of sp³-hybridized carbons (Fsp3) is 0.143. The lowest BCUT2D eigenvalue weighted by Crippen LogP contribution is -2.61. The van der Waals surface area contributed by atoms with Gasteiger partial charge in [0.25, 0.3) is 6.71 Å². The van der Waals surface area contributed by atoms with Crippen LogP contribution in [0.1, 0.15) is 105 Å². The van der Waals surface area contributed by atoms with E-state index in [0.717, 1.165) is 101 Å². The lowest BCUT2D eigenvalue weighted by atomic mass is 9.33. The Kier molecular flexibility index (Phi) is 16.0. The summed E-state index contributed by atoms with van der Waals surface area (Å²) in [4.78, 5) is 5.41. The number of rotatable bonds is 9. The second-order valence-corrected chi connectivity index (χ2v) is 37.4. The first-order valence-electron chi connectivity index (χ1n) is 42.2. The van der Waals surface area contributed by atoms with E-state index in [0.29, 0.717) is 0 Å². The normalized spacial score (nSPS) is 13.2. The predicted octanol–water partition coefficient (Wildman–Crippen LogP) is 28.3. The summed E-state index contributed by atoms with van der Waals surface area (Å²) in [5, 5.41) is 9.70. The van der Waals surface area contributed by atoms with Crippen LogP contribution in [0.15, 0.2) is 346 Å². The van der Waals surface area contributed by atoms with Crippen LogP contribution in [0, 0.1) is 0 Å². The van der Waals surface area contributed by atoms with E-state index in [1.165, 1.54) is 115 Å². The van der Waals surface area contributed by atoms with Gasteiger partial charge in [0, 0.05) is 88.6 Å². The molecule has 2 aliphatic heterocycles. The van der Waals surface area contributed by atoms with Crippen molar-refractivity contribution in [1.82, 2.24) is 18.3 Å².